The normalized spacial score (nSPS) is 10.1. The summed E-state index contributed by atoms with van der Waals surface area (Å²) in [6.45, 7) is 0.0699. The molecule has 0 aliphatic rings. The number of nitrogens with two attached hydrogens (primary N) is 1. The average molecular weight is 233 g/mol. The van der Waals surface area contributed by atoms with Crippen molar-refractivity contribution in [3.8, 4) is 0 Å². The average Bonchev–Trinajstić information content (AvgIpc) is 2.73. The number of aromatic nitrogens is 4. The van der Waals surface area contributed by atoms with Crippen molar-refractivity contribution in [2.75, 3.05) is 5.73 Å². The van der Waals surface area contributed by atoms with Crippen LogP contribution in [0.3, 0.4) is 0 Å². The summed E-state index contributed by atoms with van der Waals surface area (Å²) in [6.07, 6.45) is 6.20. The molecule has 0 fully saturated rings. The Morgan fingerprint density at radius 1 is 1.41 bits per heavy atom. The topological polar surface area (TPSA) is 95.9 Å². The molecule has 2 N–H and O–H groups in total. The molecule has 7 heteroatoms. The van der Waals surface area contributed by atoms with Crippen molar-refractivity contribution >= 4 is 11.7 Å². The Kier molecular flexibility index (Phi) is 3.29. The predicted molar refractivity (Wildman–Crippen MR) is 58.5 cm³/mol. The Balaban J connectivity index is 1.82. The van der Waals surface area contributed by atoms with E-state index >= 15 is 0 Å². The number of carbonyl (C=O) groups is 1. The lowest BCUT2D eigenvalue weighted by Gasteiger charge is -2.03. The van der Waals surface area contributed by atoms with Gasteiger partial charge < -0.3 is 10.5 Å². The first-order valence-corrected chi connectivity index (χ1v) is 4.93. The smallest absolute Gasteiger partial charge is 0.328 e. The molecular weight excluding hydrogens is 222 g/mol. The number of nitrogens with zero attached hydrogens (tertiary/aromatic N) is 4. The van der Waals surface area contributed by atoms with Crippen molar-refractivity contribution in [1.29, 1.82) is 0 Å². The summed E-state index contributed by atoms with van der Waals surface area (Å²) < 4.78 is 6.38. The van der Waals surface area contributed by atoms with Crippen molar-refractivity contribution in [3.05, 3.63) is 36.7 Å². The monoisotopic (exact) mass is 233 g/mol. The largest absolute Gasteiger partial charge is 0.456 e. The molecule has 0 atom stereocenters. The van der Waals surface area contributed by atoms with E-state index in [-0.39, 0.29) is 13.2 Å². The van der Waals surface area contributed by atoms with E-state index in [0.717, 1.165) is 0 Å². The van der Waals surface area contributed by atoms with Crippen LogP contribution in [-0.2, 0) is 22.7 Å². The molecule has 0 bridgehead atoms. The van der Waals surface area contributed by atoms with Crippen LogP contribution in [0.5, 0.6) is 0 Å². The Morgan fingerprint density at radius 2 is 2.18 bits per heavy atom. The van der Waals surface area contributed by atoms with Crippen LogP contribution in [-0.4, -0.2) is 25.7 Å². The summed E-state index contributed by atoms with van der Waals surface area (Å²) in [7, 11) is 0. The number of anilines is 1. The van der Waals surface area contributed by atoms with E-state index in [2.05, 4.69) is 15.1 Å². The molecule has 2 rings (SSSR count). The molecule has 2 aromatic heterocycles. The highest BCUT2D eigenvalue weighted by atomic mass is 16.5. The summed E-state index contributed by atoms with van der Waals surface area (Å²) in [6, 6.07) is 1.69. The molecule has 0 radical (unpaired) electrons. The standard InChI is InChI=1S/C10H11N5O2/c11-8-4-14-15(5-8)6-10(16)17-7-9-12-2-1-3-13-9/h1-5H,6-7,11H2. The zero-order chi connectivity index (χ0) is 12.1. The van der Waals surface area contributed by atoms with E-state index in [9.17, 15) is 4.79 Å². The van der Waals surface area contributed by atoms with Crippen molar-refractivity contribution < 1.29 is 9.53 Å². The zero-order valence-electron chi connectivity index (χ0n) is 8.98. The van der Waals surface area contributed by atoms with Gasteiger partial charge in [0.25, 0.3) is 0 Å². The summed E-state index contributed by atoms with van der Waals surface area (Å²) in [4.78, 5) is 19.3. The van der Waals surface area contributed by atoms with Gasteiger partial charge in [-0.2, -0.15) is 5.10 Å². The minimum Gasteiger partial charge on any atom is -0.456 e. The van der Waals surface area contributed by atoms with E-state index < -0.39 is 5.97 Å². The van der Waals surface area contributed by atoms with E-state index in [4.69, 9.17) is 10.5 Å². The lowest BCUT2D eigenvalue weighted by molar-refractivity contribution is -0.146. The van der Waals surface area contributed by atoms with Crippen LogP contribution >= 0.6 is 0 Å². The number of nitrogen functional groups attached to an aromatic ring is 1. The molecular formula is C10H11N5O2. The zero-order valence-corrected chi connectivity index (χ0v) is 8.98. The maximum atomic E-state index is 11.4. The molecule has 0 spiro atoms. The van der Waals surface area contributed by atoms with Crippen molar-refractivity contribution in [2.24, 2.45) is 0 Å². The molecule has 0 amide bonds. The number of ether oxygens (including phenoxy) is 1. The summed E-state index contributed by atoms with van der Waals surface area (Å²) in [5.74, 6) is 0.0429. The van der Waals surface area contributed by atoms with Gasteiger partial charge in [0.15, 0.2) is 12.4 Å². The second-order valence-corrected chi connectivity index (χ2v) is 3.30. The van der Waals surface area contributed by atoms with Crippen LogP contribution in [0.2, 0.25) is 0 Å². The van der Waals surface area contributed by atoms with Gasteiger partial charge in [-0.05, 0) is 6.07 Å². The fourth-order valence-corrected chi connectivity index (χ4v) is 1.19. The van der Waals surface area contributed by atoms with E-state index in [1.54, 1.807) is 24.7 Å². The molecule has 0 aromatic carbocycles. The quantitative estimate of drug-likeness (QED) is 0.746. The van der Waals surface area contributed by atoms with Crippen LogP contribution < -0.4 is 5.73 Å². The Labute approximate surface area is 97.2 Å². The van der Waals surface area contributed by atoms with Gasteiger partial charge in [-0.15, -0.1) is 0 Å². The Bertz CT molecular complexity index is 496. The third-order valence-corrected chi connectivity index (χ3v) is 1.93. The van der Waals surface area contributed by atoms with Crippen LogP contribution in [0.1, 0.15) is 5.82 Å². The number of rotatable bonds is 4. The number of carbonyl (C=O) groups excluding carboxylic acids is 1. The van der Waals surface area contributed by atoms with Crippen LogP contribution in [0.25, 0.3) is 0 Å². The van der Waals surface area contributed by atoms with E-state index in [0.29, 0.717) is 11.5 Å². The van der Waals surface area contributed by atoms with Crippen LogP contribution in [0.4, 0.5) is 5.69 Å². The third kappa shape index (κ3) is 3.26. The van der Waals surface area contributed by atoms with Gasteiger partial charge in [0.2, 0.25) is 0 Å². The summed E-state index contributed by atoms with van der Waals surface area (Å²) in [5.41, 5.74) is 5.97. The van der Waals surface area contributed by atoms with E-state index in [1.807, 2.05) is 0 Å². The predicted octanol–water partition coefficient (Wildman–Crippen LogP) is -0.00130. The minimum atomic E-state index is -0.416. The first kappa shape index (κ1) is 11.1. The van der Waals surface area contributed by atoms with Crippen LogP contribution in [0.15, 0.2) is 30.9 Å². The van der Waals surface area contributed by atoms with Crippen LogP contribution in [0, 0.1) is 0 Å². The highest BCUT2D eigenvalue weighted by molar-refractivity contribution is 5.69. The fourth-order valence-electron chi connectivity index (χ4n) is 1.19. The van der Waals surface area contributed by atoms with Gasteiger partial charge in [0.05, 0.1) is 11.9 Å². The SMILES string of the molecule is Nc1cnn(CC(=O)OCc2ncccn2)c1. The highest BCUT2D eigenvalue weighted by Gasteiger charge is 2.06. The van der Waals surface area contributed by atoms with Gasteiger partial charge in [0.1, 0.15) is 6.54 Å². The lowest BCUT2D eigenvalue weighted by atomic mass is 10.5. The molecule has 0 aliphatic heterocycles. The number of hydrogen-bond acceptors (Lipinski definition) is 6. The molecule has 0 unspecified atom stereocenters. The number of hydrogen-bond donors (Lipinski definition) is 1. The Hall–Kier alpha value is -2.44. The Morgan fingerprint density at radius 3 is 2.82 bits per heavy atom. The fraction of sp³-hybridized carbons (Fsp3) is 0.200. The molecule has 0 saturated carbocycles. The van der Waals surface area contributed by atoms with Crippen molar-refractivity contribution in [1.82, 2.24) is 19.7 Å². The first-order chi connectivity index (χ1) is 8.24. The number of esters is 1. The summed E-state index contributed by atoms with van der Waals surface area (Å²) >= 11 is 0. The van der Waals surface area contributed by atoms with E-state index in [1.165, 1.54) is 10.9 Å². The van der Waals surface area contributed by atoms with Crippen molar-refractivity contribution in [3.63, 3.8) is 0 Å². The van der Waals surface area contributed by atoms with Gasteiger partial charge >= 0.3 is 5.97 Å². The molecule has 2 heterocycles. The highest BCUT2D eigenvalue weighted by Crippen LogP contribution is 1.99. The molecule has 7 nitrogen and oxygen atoms in total. The lowest BCUT2D eigenvalue weighted by Crippen LogP contribution is -2.14. The molecule has 17 heavy (non-hydrogen) atoms. The van der Waals surface area contributed by atoms with Gasteiger partial charge in [-0.1, -0.05) is 0 Å². The van der Waals surface area contributed by atoms with Crippen molar-refractivity contribution in [2.45, 2.75) is 13.2 Å². The van der Waals surface area contributed by atoms with Gasteiger partial charge in [-0.25, -0.2) is 9.97 Å². The first-order valence-electron chi connectivity index (χ1n) is 4.93. The maximum Gasteiger partial charge on any atom is 0.328 e. The molecule has 2 aromatic rings. The van der Waals surface area contributed by atoms with Gasteiger partial charge in [0, 0.05) is 18.6 Å². The van der Waals surface area contributed by atoms with Gasteiger partial charge in [-0.3, -0.25) is 9.48 Å². The summed E-state index contributed by atoms with van der Waals surface area (Å²) in [5, 5.41) is 3.87. The second-order valence-electron chi connectivity index (χ2n) is 3.30. The molecule has 0 aliphatic carbocycles. The maximum absolute atomic E-state index is 11.4. The molecule has 0 saturated heterocycles. The molecule has 88 valence electrons. The third-order valence-electron chi connectivity index (χ3n) is 1.93. The minimum absolute atomic E-state index is 0.0179. The second kappa shape index (κ2) is 5.06.